The summed E-state index contributed by atoms with van der Waals surface area (Å²) in [4.78, 5) is 23.1. The van der Waals surface area contributed by atoms with Gasteiger partial charge in [-0.25, -0.2) is 0 Å². The van der Waals surface area contributed by atoms with Gasteiger partial charge in [0.1, 0.15) is 11.5 Å². The number of carboxylic acid groups (broad SMARTS) is 2. The summed E-state index contributed by atoms with van der Waals surface area (Å²) in [5.74, 6) is -1.37. The van der Waals surface area contributed by atoms with E-state index in [1.54, 1.807) is 12.1 Å². The number of benzene rings is 2. The monoisotopic (exact) mass is 815 g/mol. The summed E-state index contributed by atoms with van der Waals surface area (Å²) in [6.07, 6.45) is 14.7. The first-order valence-electron chi connectivity index (χ1n) is 20.8. The molecule has 2 N–H and O–H groups in total. The Morgan fingerprint density at radius 3 is 1.07 bits per heavy atom. The van der Waals surface area contributed by atoms with Crippen molar-refractivity contribution in [3.8, 4) is 11.5 Å². The third kappa shape index (κ3) is 20.0. The van der Waals surface area contributed by atoms with Gasteiger partial charge in [-0.3, -0.25) is 0 Å². The van der Waals surface area contributed by atoms with Crippen LogP contribution in [0.1, 0.15) is 217 Å². The molecule has 0 atom stereocenters. The molecule has 0 bridgehead atoms. The van der Waals surface area contributed by atoms with Gasteiger partial charge in [0.05, 0.1) is 11.9 Å². The van der Waals surface area contributed by atoms with E-state index in [4.69, 9.17) is 0 Å². The van der Waals surface area contributed by atoms with Gasteiger partial charge in [-0.05, 0) is 106 Å². The van der Waals surface area contributed by atoms with Gasteiger partial charge in [-0.2, -0.15) is 0 Å². The minimum absolute atomic E-state index is 0. The van der Waals surface area contributed by atoms with Crippen LogP contribution in [0.15, 0.2) is 24.3 Å². The van der Waals surface area contributed by atoms with Gasteiger partial charge in [0.25, 0.3) is 0 Å². The summed E-state index contributed by atoms with van der Waals surface area (Å²) in [6, 6.07) is 7.20. The maximum absolute atomic E-state index is 11.5. The van der Waals surface area contributed by atoms with E-state index < -0.39 is 11.9 Å². The van der Waals surface area contributed by atoms with E-state index >= 15 is 0 Å². The average Bonchev–Trinajstić information content (AvgIpc) is 2.99. The Hall–Kier alpha value is -2.40. The molecule has 2 aromatic rings. The Balaban J connectivity index is 0.00000104. The summed E-state index contributed by atoms with van der Waals surface area (Å²) in [5.41, 5.74) is 3.13. The van der Waals surface area contributed by atoms with E-state index in [1.165, 1.54) is 38.5 Å². The Bertz CT molecular complexity index is 1360. The van der Waals surface area contributed by atoms with Crippen LogP contribution in [0.5, 0.6) is 11.5 Å². The molecule has 7 heteroatoms. The molecule has 0 aromatic heterocycles. The fraction of sp³-hybridized carbons (Fsp3) is 0.708. The number of unbranched alkanes of at least 4 members (excludes halogenated alkanes) is 6. The maximum atomic E-state index is 11.5. The molecule has 0 saturated carbocycles. The summed E-state index contributed by atoms with van der Waals surface area (Å²) in [6.45, 7) is 30.6. The Morgan fingerprint density at radius 2 is 0.818 bits per heavy atom. The van der Waals surface area contributed by atoms with Crippen LogP contribution in [0.2, 0.25) is 0 Å². The topological polar surface area (TPSA) is 121 Å². The number of aromatic hydroxyl groups is 2. The predicted octanol–water partition coefficient (Wildman–Crippen LogP) is 11.2. The molecule has 0 fully saturated rings. The molecular weight excluding hydrogens is 738 g/mol. The number of aryl methyl sites for hydroxylation is 2. The van der Waals surface area contributed by atoms with Gasteiger partial charge < -0.3 is 30.0 Å². The molecule has 0 saturated heterocycles. The second-order valence-electron chi connectivity index (χ2n) is 20.6. The van der Waals surface area contributed by atoms with Crippen molar-refractivity contribution in [1.82, 2.24) is 0 Å². The van der Waals surface area contributed by atoms with Gasteiger partial charge in [0, 0.05) is 11.1 Å². The molecule has 0 radical (unpaired) electrons. The summed E-state index contributed by atoms with van der Waals surface area (Å²) < 4.78 is 0. The maximum Gasteiger partial charge on any atom is 2.00 e. The summed E-state index contributed by atoms with van der Waals surface area (Å²) >= 11 is 0. The molecule has 2 aromatic carbocycles. The van der Waals surface area contributed by atoms with Crippen molar-refractivity contribution in [1.29, 1.82) is 0 Å². The van der Waals surface area contributed by atoms with Crippen LogP contribution < -0.4 is 10.2 Å². The number of carboxylic acids is 2. The van der Waals surface area contributed by atoms with Crippen LogP contribution >= 0.6 is 0 Å². The third-order valence-corrected chi connectivity index (χ3v) is 10.3. The van der Waals surface area contributed by atoms with Crippen LogP contribution in [0.4, 0.5) is 0 Å². The zero-order valence-electron chi connectivity index (χ0n) is 37.6. The predicted molar refractivity (Wildman–Crippen MR) is 222 cm³/mol. The number of phenols is 2. The molecule has 6 nitrogen and oxygen atoms in total. The molecule has 0 aliphatic heterocycles. The van der Waals surface area contributed by atoms with Gasteiger partial charge in [0.15, 0.2) is 0 Å². The molecule has 0 aliphatic rings. The van der Waals surface area contributed by atoms with E-state index in [9.17, 15) is 30.0 Å². The SMILES string of the molecule is CC(C)CCCCCCc1cc(C(C)(C)CC(C)(C)C)cc(C(=O)[O-])c1O.CC(C)CCCCCCc1cc(C(C)(C)CC(C)(C)C)cc(C(=O)[O-])c1O.[Zn+2]. The first kappa shape index (κ1) is 52.6. The van der Waals surface area contributed by atoms with Crippen LogP contribution in [0, 0.1) is 22.7 Å². The number of carbonyl (C=O) groups is 2. The zero-order valence-corrected chi connectivity index (χ0v) is 40.6. The van der Waals surface area contributed by atoms with Gasteiger partial charge in [0.2, 0.25) is 0 Å². The first-order valence-corrected chi connectivity index (χ1v) is 20.8. The van der Waals surface area contributed by atoms with E-state index in [0.29, 0.717) is 12.8 Å². The molecule has 0 amide bonds. The Labute approximate surface area is 349 Å². The van der Waals surface area contributed by atoms with Gasteiger partial charge in [-0.1, -0.05) is 160 Å². The number of hydrogen-bond donors (Lipinski definition) is 2. The Kier molecular flexibility index (Phi) is 22.1. The largest absolute Gasteiger partial charge is 2.00 e. The minimum Gasteiger partial charge on any atom is -0.545 e. The molecule has 2 rings (SSSR count). The van der Waals surface area contributed by atoms with Crippen molar-refractivity contribution in [2.24, 2.45) is 22.7 Å². The average molecular weight is 817 g/mol. The quantitative estimate of drug-likeness (QED) is 0.101. The molecule has 55 heavy (non-hydrogen) atoms. The van der Waals surface area contributed by atoms with E-state index in [0.717, 1.165) is 72.6 Å². The number of hydrogen-bond acceptors (Lipinski definition) is 6. The summed E-state index contributed by atoms with van der Waals surface area (Å²) in [7, 11) is 0. The van der Waals surface area contributed by atoms with Gasteiger partial charge in [-0.15, -0.1) is 0 Å². The van der Waals surface area contributed by atoms with Crippen LogP contribution in [0.25, 0.3) is 0 Å². The fourth-order valence-corrected chi connectivity index (χ4v) is 8.16. The van der Waals surface area contributed by atoms with Crippen molar-refractivity contribution in [3.63, 3.8) is 0 Å². The Morgan fingerprint density at radius 1 is 0.527 bits per heavy atom. The van der Waals surface area contributed by atoms with Crippen molar-refractivity contribution in [2.45, 2.75) is 198 Å². The normalized spacial score (nSPS) is 12.4. The van der Waals surface area contributed by atoms with Gasteiger partial charge >= 0.3 is 19.5 Å². The smallest absolute Gasteiger partial charge is 0.545 e. The number of carbonyl (C=O) groups excluding carboxylic acids is 2. The second-order valence-corrected chi connectivity index (χ2v) is 20.6. The standard InChI is InChI=1S/2C24H40O3.Zn/c2*1-17(2)12-10-8-9-11-13-18-14-19(15-20(21(18)25)22(26)27)24(6,7)16-23(3,4)5;/h2*14-15,17,25H,8-13,16H2,1-7H3,(H,26,27);/q;;+2/p-2. The van der Waals surface area contributed by atoms with E-state index in [2.05, 4.69) is 96.9 Å². The molecule has 308 valence electrons. The van der Waals surface area contributed by atoms with Crippen LogP contribution in [0.3, 0.4) is 0 Å². The van der Waals surface area contributed by atoms with E-state index in [1.807, 2.05) is 12.1 Å². The number of aromatic carboxylic acids is 2. The molecular formula is C48H78O6Zn. The van der Waals surface area contributed by atoms with Crippen molar-refractivity contribution < 1.29 is 49.5 Å². The van der Waals surface area contributed by atoms with Crippen molar-refractivity contribution in [3.05, 3.63) is 57.6 Å². The molecule has 0 spiro atoms. The third-order valence-electron chi connectivity index (χ3n) is 10.3. The molecule has 0 aliphatic carbocycles. The minimum atomic E-state index is -1.31. The van der Waals surface area contributed by atoms with Crippen LogP contribution in [-0.4, -0.2) is 22.2 Å². The fourth-order valence-electron chi connectivity index (χ4n) is 8.16. The number of rotatable bonds is 20. The first-order chi connectivity index (χ1) is 24.7. The van der Waals surface area contributed by atoms with Crippen molar-refractivity contribution >= 4 is 11.9 Å². The second kappa shape index (κ2) is 23.1. The molecule has 0 heterocycles. The van der Waals surface area contributed by atoms with Crippen molar-refractivity contribution in [2.75, 3.05) is 0 Å². The molecule has 0 unspecified atom stereocenters. The summed E-state index contributed by atoms with van der Waals surface area (Å²) in [5, 5.41) is 44.0. The zero-order chi connectivity index (χ0) is 41.7. The van der Waals surface area contributed by atoms with Crippen LogP contribution in [-0.2, 0) is 43.1 Å². The van der Waals surface area contributed by atoms with E-state index in [-0.39, 0.29) is 63.8 Å².